The molecule has 0 saturated heterocycles. The Kier molecular flexibility index (Phi) is 9.83. The molecule has 13 aromatic carbocycles. The summed E-state index contributed by atoms with van der Waals surface area (Å²) in [7, 11) is 0. The number of para-hydroxylation sites is 4. The largest absolute Gasteiger partial charge is 0.311 e. The zero-order valence-corrected chi connectivity index (χ0v) is 41.1. The Morgan fingerprint density at radius 3 is 1.15 bits per heavy atom. The van der Waals surface area contributed by atoms with E-state index in [0.717, 1.165) is 34.1 Å². The SMILES string of the molecule is c1ccc(N(c2ccccc2)c2ccc(-c3ccc4c(c3)C3(c5cc(-c6ccc(N(c7ccccc7)c7ccccc7)cc6)ccc5-4)c4ccccc4-c4c3c3c5ccccc5ccc3c3ccccc43)cc2)cc1. The highest BCUT2D eigenvalue weighted by molar-refractivity contribution is 6.26. The summed E-state index contributed by atoms with van der Waals surface area (Å²) in [6, 6.07) is 108. The Balaban J connectivity index is 0.961. The van der Waals surface area contributed by atoms with E-state index in [2.05, 4.69) is 301 Å². The van der Waals surface area contributed by atoms with Crippen molar-refractivity contribution >= 4 is 66.4 Å². The average molecular weight is 953 g/mol. The molecule has 0 N–H and O–H groups in total. The van der Waals surface area contributed by atoms with E-state index < -0.39 is 5.41 Å². The van der Waals surface area contributed by atoms with E-state index in [1.54, 1.807) is 0 Å². The van der Waals surface area contributed by atoms with Gasteiger partial charge in [0.25, 0.3) is 0 Å². The van der Waals surface area contributed by atoms with Gasteiger partial charge in [0, 0.05) is 34.1 Å². The molecular formula is C73H48N2. The first-order valence-electron chi connectivity index (χ1n) is 26.0. The molecule has 0 amide bonds. The van der Waals surface area contributed by atoms with Crippen LogP contribution >= 0.6 is 0 Å². The van der Waals surface area contributed by atoms with Crippen molar-refractivity contribution in [1.29, 1.82) is 0 Å². The van der Waals surface area contributed by atoms with Gasteiger partial charge in [-0.2, -0.15) is 0 Å². The second-order valence-corrected chi connectivity index (χ2v) is 19.9. The standard InChI is InChI=1S/C73H48N2/c1-5-20-54(21-6-1)74(55-22-7-2-8-23-55)58-40-33-49(34-41-58)52-38-44-62-63-45-39-53(50-35-42-59(43-36-50)75(56-24-9-3-10-25-56)57-26-11-4-12-27-57)48-69(63)73(68(62)47-52)67-32-18-17-31-66(67)71-64-30-16-15-29-61(64)65-46-37-51-19-13-14-28-60(51)70(65)72(71)73/h1-48H. The number of fused-ring (bicyclic) bond motifs is 17. The minimum atomic E-state index is -0.649. The predicted molar refractivity (Wildman–Crippen MR) is 315 cm³/mol. The van der Waals surface area contributed by atoms with E-state index in [1.807, 2.05) is 0 Å². The van der Waals surface area contributed by atoms with Crippen molar-refractivity contribution in [2.45, 2.75) is 5.41 Å². The zero-order valence-electron chi connectivity index (χ0n) is 41.1. The fraction of sp³-hybridized carbons (Fsp3) is 0.0137. The van der Waals surface area contributed by atoms with Crippen LogP contribution in [0.3, 0.4) is 0 Å². The highest BCUT2D eigenvalue weighted by atomic mass is 15.1. The Morgan fingerprint density at radius 1 is 0.240 bits per heavy atom. The Bertz CT molecular complexity index is 4060. The van der Waals surface area contributed by atoms with Crippen LogP contribution in [0.4, 0.5) is 34.1 Å². The van der Waals surface area contributed by atoms with Gasteiger partial charge >= 0.3 is 0 Å². The van der Waals surface area contributed by atoms with Gasteiger partial charge in [-0.05, 0) is 184 Å². The molecule has 0 saturated carbocycles. The van der Waals surface area contributed by atoms with Crippen molar-refractivity contribution in [3.63, 3.8) is 0 Å². The van der Waals surface area contributed by atoms with Crippen LogP contribution in [0.15, 0.2) is 291 Å². The minimum Gasteiger partial charge on any atom is -0.311 e. The first-order chi connectivity index (χ1) is 37.2. The molecule has 2 heteroatoms. The van der Waals surface area contributed by atoms with E-state index in [1.165, 1.54) is 99.1 Å². The third-order valence-electron chi connectivity index (χ3n) is 16.0. The van der Waals surface area contributed by atoms with Crippen LogP contribution in [0.5, 0.6) is 0 Å². The predicted octanol–water partition coefficient (Wildman–Crippen LogP) is 19.8. The molecule has 0 heterocycles. The third-order valence-corrected chi connectivity index (χ3v) is 16.0. The molecule has 75 heavy (non-hydrogen) atoms. The van der Waals surface area contributed by atoms with Crippen molar-refractivity contribution in [3.05, 3.63) is 313 Å². The van der Waals surface area contributed by atoms with Gasteiger partial charge in [0.1, 0.15) is 0 Å². The smallest absolute Gasteiger partial charge is 0.0732 e. The van der Waals surface area contributed by atoms with Gasteiger partial charge in [-0.15, -0.1) is 0 Å². The molecule has 2 aliphatic rings. The maximum atomic E-state index is 2.53. The van der Waals surface area contributed by atoms with Gasteiger partial charge in [0.05, 0.1) is 5.41 Å². The van der Waals surface area contributed by atoms with Crippen LogP contribution in [0.25, 0.3) is 76.8 Å². The molecule has 13 aromatic rings. The van der Waals surface area contributed by atoms with Crippen LogP contribution in [-0.2, 0) is 5.41 Å². The summed E-state index contributed by atoms with van der Waals surface area (Å²) < 4.78 is 0. The van der Waals surface area contributed by atoms with Gasteiger partial charge in [-0.25, -0.2) is 0 Å². The van der Waals surface area contributed by atoms with Crippen LogP contribution in [0.2, 0.25) is 0 Å². The summed E-state index contributed by atoms with van der Waals surface area (Å²) in [6.45, 7) is 0. The molecule has 2 nitrogen and oxygen atoms in total. The maximum absolute atomic E-state index is 2.53. The fourth-order valence-corrected chi connectivity index (χ4v) is 12.8. The number of hydrogen-bond acceptors (Lipinski definition) is 2. The number of benzene rings is 13. The molecule has 0 fully saturated rings. The summed E-state index contributed by atoms with van der Waals surface area (Å²) in [4.78, 5) is 4.66. The quantitative estimate of drug-likeness (QED) is 0.140. The topological polar surface area (TPSA) is 6.48 Å². The van der Waals surface area contributed by atoms with E-state index >= 15 is 0 Å². The van der Waals surface area contributed by atoms with Gasteiger partial charge in [-0.1, -0.05) is 206 Å². The van der Waals surface area contributed by atoms with Crippen LogP contribution < -0.4 is 9.80 Å². The summed E-state index contributed by atoms with van der Waals surface area (Å²) in [5, 5.41) is 7.70. The van der Waals surface area contributed by atoms with Crippen molar-refractivity contribution in [2.24, 2.45) is 0 Å². The molecule has 15 rings (SSSR count). The Labute approximate surface area is 437 Å². The van der Waals surface area contributed by atoms with Crippen molar-refractivity contribution in [3.8, 4) is 44.5 Å². The summed E-state index contributed by atoms with van der Waals surface area (Å²) >= 11 is 0. The van der Waals surface area contributed by atoms with Crippen molar-refractivity contribution in [2.75, 3.05) is 9.80 Å². The molecule has 0 atom stereocenters. The zero-order chi connectivity index (χ0) is 49.5. The highest BCUT2D eigenvalue weighted by Gasteiger charge is 2.53. The normalized spacial score (nSPS) is 12.6. The third kappa shape index (κ3) is 6.60. The summed E-state index contributed by atoms with van der Waals surface area (Å²) in [5.41, 5.74) is 21.3. The lowest BCUT2D eigenvalue weighted by Gasteiger charge is -2.33. The van der Waals surface area contributed by atoms with Gasteiger partial charge in [-0.3, -0.25) is 0 Å². The van der Waals surface area contributed by atoms with Crippen LogP contribution in [0.1, 0.15) is 22.3 Å². The number of hydrogen-bond donors (Lipinski definition) is 0. The van der Waals surface area contributed by atoms with Crippen molar-refractivity contribution in [1.82, 2.24) is 0 Å². The molecule has 1 spiro atoms. The molecular weight excluding hydrogens is 905 g/mol. The Hall–Kier alpha value is -9.76. The molecule has 0 aliphatic heterocycles. The Morgan fingerprint density at radius 2 is 0.640 bits per heavy atom. The summed E-state index contributed by atoms with van der Waals surface area (Å²) in [6.07, 6.45) is 0. The lowest BCUT2D eigenvalue weighted by atomic mass is 9.68. The molecule has 0 radical (unpaired) electrons. The number of nitrogens with zero attached hydrogens (tertiary/aromatic N) is 2. The molecule has 0 unspecified atom stereocenters. The van der Waals surface area contributed by atoms with Gasteiger partial charge in [0.2, 0.25) is 0 Å². The number of rotatable bonds is 8. The highest BCUT2D eigenvalue weighted by Crippen LogP contribution is 2.66. The van der Waals surface area contributed by atoms with E-state index in [0.29, 0.717) is 0 Å². The fourth-order valence-electron chi connectivity index (χ4n) is 12.8. The first kappa shape index (κ1) is 42.9. The van der Waals surface area contributed by atoms with Gasteiger partial charge in [0.15, 0.2) is 0 Å². The summed E-state index contributed by atoms with van der Waals surface area (Å²) in [5.74, 6) is 0. The van der Waals surface area contributed by atoms with Crippen LogP contribution in [0, 0.1) is 0 Å². The second-order valence-electron chi connectivity index (χ2n) is 19.9. The molecule has 2 aliphatic carbocycles. The van der Waals surface area contributed by atoms with Crippen LogP contribution in [-0.4, -0.2) is 0 Å². The minimum absolute atomic E-state index is 0.649. The average Bonchev–Trinajstić information content (AvgIpc) is 3.96. The van der Waals surface area contributed by atoms with Crippen molar-refractivity contribution < 1.29 is 0 Å². The lowest BCUT2D eigenvalue weighted by Crippen LogP contribution is -2.26. The molecule has 0 aromatic heterocycles. The van der Waals surface area contributed by atoms with E-state index in [9.17, 15) is 0 Å². The second kappa shape index (κ2) is 17.2. The number of anilines is 6. The van der Waals surface area contributed by atoms with E-state index in [4.69, 9.17) is 0 Å². The lowest BCUT2D eigenvalue weighted by molar-refractivity contribution is 0.803. The molecule has 350 valence electrons. The monoisotopic (exact) mass is 952 g/mol. The maximum Gasteiger partial charge on any atom is 0.0732 e. The molecule has 0 bridgehead atoms. The first-order valence-corrected chi connectivity index (χ1v) is 26.0. The van der Waals surface area contributed by atoms with Gasteiger partial charge < -0.3 is 9.80 Å². The van der Waals surface area contributed by atoms with E-state index in [-0.39, 0.29) is 0 Å².